The van der Waals surface area contributed by atoms with Crippen molar-refractivity contribution < 1.29 is 0 Å². The standard InChI is InChI=1S/C19H29N5/c1-19(2,3)24-11-9-23(10-12-24)17(13-20)16-14-21-18(22-16)15-7-5-4-6-8-15/h4-8,14,17H,9-13,20H2,1-3H3,(H,21,22). The molecule has 0 bridgehead atoms. The van der Waals surface area contributed by atoms with Gasteiger partial charge in [0.2, 0.25) is 0 Å². The fourth-order valence-electron chi connectivity index (χ4n) is 3.42. The Morgan fingerprint density at radius 1 is 1.12 bits per heavy atom. The van der Waals surface area contributed by atoms with E-state index in [1.807, 2.05) is 24.4 Å². The van der Waals surface area contributed by atoms with Crippen molar-refractivity contribution in [2.75, 3.05) is 32.7 Å². The van der Waals surface area contributed by atoms with Gasteiger partial charge in [0.1, 0.15) is 5.82 Å². The predicted octanol–water partition coefficient (Wildman–Crippen LogP) is 2.49. The number of hydrogen-bond donors (Lipinski definition) is 2. The molecule has 3 N–H and O–H groups in total. The summed E-state index contributed by atoms with van der Waals surface area (Å²) >= 11 is 0. The monoisotopic (exact) mass is 327 g/mol. The maximum absolute atomic E-state index is 6.10. The minimum absolute atomic E-state index is 0.206. The van der Waals surface area contributed by atoms with E-state index in [0.717, 1.165) is 43.3 Å². The van der Waals surface area contributed by atoms with Crippen molar-refractivity contribution >= 4 is 0 Å². The smallest absolute Gasteiger partial charge is 0.137 e. The molecule has 0 amide bonds. The van der Waals surface area contributed by atoms with Crippen LogP contribution in [0.3, 0.4) is 0 Å². The Balaban J connectivity index is 1.70. The average molecular weight is 327 g/mol. The van der Waals surface area contributed by atoms with Crippen molar-refractivity contribution in [2.45, 2.75) is 32.4 Å². The van der Waals surface area contributed by atoms with Gasteiger partial charge in [-0.1, -0.05) is 30.3 Å². The van der Waals surface area contributed by atoms with E-state index in [2.05, 4.69) is 52.7 Å². The molecule has 1 unspecified atom stereocenters. The molecule has 1 fully saturated rings. The van der Waals surface area contributed by atoms with Gasteiger partial charge in [0.15, 0.2) is 0 Å². The maximum Gasteiger partial charge on any atom is 0.137 e. The number of benzene rings is 1. The van der Waals surface area contributed by atoms with Crippen molar-refractivity contribution in [3.63, 3.8) is 0 Å². The molecule has 0 spiro atoms. The molecule has 3 rings (SSSR count). The number of rotatable bonds is 4. The van der Waals surface area contributed by atoms with Crippen LogP contribution in [0.1, 0.15) is 32.5 Å². The van der Waals surface area contributed by atoms with E-state index < -0.39 is 0 Å². The van der Waals surface area contributed by atoms with Crippen LogP contribution < -0.4 is 5.73 Å². The minimum atomic E-state index is 0.206. The van der Waals surface area contributed by atoms with Crippen LogP contribution in [-0.4, -0.2) is 58.0 Å². The summed E-state index contributed by atoms with van der Waals surface area (Å²) in [6.45, 7) is 11.7. The maximum atomic E-state index is 6.10. The molecule has 0 aliphatic carbocycles. The highest BCUT2D eigenvalue weighted by atomic mass is 15.3. The zero-order chi connectivity index (χ0) is 17.2. The van der Waals surface area contributed by atoms with Crippen molar-refractivity contribution in [1.82, 2.24) is 19.8 Å². The van der Waals surface area contributed by atoms with E-state index in [4.69, 9.17) is 5.73 Å². The lowest BCUT2D eigenvalue weighted by Crippen LogP contribution is -2.54. The lowest BCUT2D eigenvalue weighted by molar-refractivity contribution is 0.0426. The molecule has 0 radical (unpaired) electrons. The number of piperazine rings is 1. The Kier molecular flexibility index (Phi) is 5.04. The summed E-state index contributed by atoms with van der Waals surface area (Å²) in [4.78, 5) is 13.0. The van der Waals surface area contributed by atoms with Crippen LogP contribution in [0.25, 0.3) is 11.4 Å². The van der Waals surface area contributed by atoms with E-state index >= 15 is 0 Å². The van der Waals surface area contributed by atoms with Crippen molar-refractivity contribution in [3.8, 4) is 11.4 Å². The first-order valence-electron chi connectivity index (χ1n) is 8.78. The van der Waals surface area contributed by atoms with Crippen LogP contribution in [0, 0.1) is 0 Å². The molecule has 0 saturated carbocycles. The molecule has 5 nitrogen and oxygen atoms in total. The van der Waals surface area contributed by atoms with Gasteiger partial charge in [0, 0.05) is 43.8 Å². The van der Waals surface area contributed by atoms with Gasteiger partial charge in [-0.05, 0) is 20.8 Å². The van der Waals surface area contributed by atoms with E-state index in [1.165, 1.54) is 0 Å². The quantitative estimate of drug-likeness (QED) is 0.906. The Hall–Kier alpha value is -1.69. The Bertz CT molecular complexity index is 635. The average Bonchev–Trinajstić information content (AvgIpc) is 3.06. The Labute approximate surface area is 144 Å². The number of nitrogens with zero attached hydrogens (tertiary/aromatic N) is 3. The summed E-state index contributed by atoms with van der Waals surface area (Å²) in [6, 6.07) is 10.4. The van der Waals surface area contributed by atoms with Gasteiger partial charge < -0.3 is 10.7 Å². The van der Waals surface area contributed by atoms with E-state index in [9.17, 15) is 0 Å². The largest absolute Gasteiger partial charge is 0.341 e. The summed E-state index contributed by atoms with van der Waals surface area (Å²) in [5.74, 6) is 0.914. The SMILES string of the molecule is CC(C)(C)N1CCN(C(CN)c2cnc(-c3ccccc3)[nH]2)CC1. The molecule has 1 saturated heterocycles. The molecule has 24 heavy (non-hydrogen) atoms. The summed E-state index contributed by atoms with van der Waals surface area (Å²) in [7, 11) is 0. The van der Waals surface area contributed by atoms with Crippen molar-refractivity contribution in [3.05, 3.63) is 42.2 Å². The highest BCUT2D eigenvalue weighted by molar-refractivity contribution is 5.54. The molecule has 1 aliphatic heterocycles. The van der Waals surface area contributed by atoms with Crippen LogP contribution in [0.4, 0.5) is 0 Å². The predicted molar refractivity (Wildman–Crippen MR) is 98.7 cm³/mol. The fourth-order valence-corrected chi connectivity index (χ4v) is 3.42. The second-order valence-corrected chi connectivity index (χ2v) is 7.50. The number of aromatic nitrogens is 2. The number of aromatic amines is 1. The molecule has 1 aromatic heterocycles. The molecule has 2 aromatic rings. The first-order valence-corrected chi connectivity index (χ1v) is 8.78. The molecule has 130 valence electrons. The second-order valence-electron chi connectivity index (χ2n) is 7.50. The van der Waals surface area contributed by atoms with E-state index in [0.29, 0.717) is 6.54 Å². The summed E-state index contributed by atoms with van der Waals surface area (Å²) < 4.78 is 0. The van der Waals surface area contributed by atoms with Gasteiger partial charge in [-0.3, -0.25) is 9.80 Å². The highest BCUT2D eigenvalue weighted by Gasteiger charge is 2.29. The van der Waals surface area contributed by atoms with Crippen LogP contribution >= 0.6 is 0 Å². The number of H-pyrrole nitrogens is 1. The molecule has 1 atom stereocenters. The van der Waals surface area contributed by atoms with Gasteiger partial charge in [-0.25, -0.2) is 4.98 Å². The van der Waals surface area contributed by atoms with E-state index in [1.54, 1.807) is 0 Å². The lowest BCUT2D eigenvalue weighted by Gasteiger charge is -2.44. The highest BCUT2D eigenvalue weighted by Crippen LogP contribution is 2.25. The second kappa shape index (κ2) is 7.05. The first kappa shape index (κ1) is 17.1. The summed E-state index contributed by atoms with van der Waals surface area (Å²) in [6.07, 6.45) is 1.94. The summed E-state index contributed by atoms with van der Waals surface area (Å²) in [5, 5.41) is 0. The third-order valence-corrected chi connectivity index (χ3v) is 4.93. The first-order chi connectivity index (χ1) is 11.5. The van der Waals surface area contributed by atoms with Gasteiger partial charge in [-0.2, -0.15) is 0 Å². The van der Waals surface area contributed by atoms with Crippen molar-refractivity contribution in [1.29, 1.82) is 0 Å². The lowest BCUT2D eigenvalue weighted by atomic mass is 10.0. The van der Waals surface area contributed by atoms with Crippen LogP contribution in [0.5, 0.6) is 0 Å². The fraction of sp³-hybridized carbons (Fsp3) is 0.526. The van der Waals surface area contributed by atoms with Gasteiger partial charge >= 0.3 is 0 Å². The third kappa shape index (κ3) is 3.69. The number of nitrogens with two attached hydrogens (primary N) is 1. The van der Waals surface area contributed by atoms with E-state index in [-0.39, 0.29) is 11.6 Å². The Morgan fingerprint density at radius 3 is 2.38 bits per heavy atom. The number of imidazole rings is 1. The van der Waals surface area contributed by atoms with Crippen LogP contribution in [0.15, 0.2) is 36.5 Å². The zero-order valence-corrected chi connectivity index (χ0v) is 15.0. The van der Waals surface area contributed by atoms with Crippen molar-refractivity contribution in [2.24, 2.45) is 5.73 Å². The van der Waals surface area contributed by atoms with Gasteiger partial charge in [-0.15, -0.1) is 0 Å². The minimum Gasteiger partial charge on any atom is -0.341 e. The number of hydrogen-bond acceptors (Lipinski definition) is 4. The topological polar surface area (TPSA) is 61.2 Å². The molecule has 1 aromatic carbocycles. The van der Waals surface area contributed by atoms with Crippen LogP contribution in [0.2, 0.25) is 0 Å². The third-order valence-electron chi connectivity index (χ3n) is 4.93. The molecule has 2 heterocycles. The molecular weight excluding hydrogens is 298 g/mol. The van der Waals surface area contributed by atoms with Gasteiger partial charge in [0.05, 0.1) is 17.9 Å². The van der Waals surface area contributed by atoms with Crippen LogP contribution in [-0.2, 0) is 0 Å². The summed E-state index contributed by atoms with van der Waals surface area (Å²) in [5.41, 5.74) is 8.56. The normalized spacial score (nSPS) is 18.7. The molecular formula is C19H29N5. The number of nitrogens with one attached hydrogen (secondary N) is 1. The van der Waals surface area contributed by atoms with Gasteiger partial charge in [0.25, 0.3) is 0 Å². The Morgan fingerprint density at radius 2 is 1.79 bits per heavy atom. The molecule has 1 aliphatic rings. The zero-order valence-electron chi connectivity index (χ0n) is 15.0. The molecule has 5 heteroatoms.